The van der Waals surface area contributed by atoms with Gasteiger partial charge in [0.25, 0.3) is 5.91 Å². The van der Waals surface area contributed by atoms with Gasteiger partial charge in [0.15, 0.2) is 5.69 Å². The van der Waals surface area contributed by atoms with Gasteiger partial charge in [0.05, 0.1) is 18.3 Å². The number of methoxy groups -OCH3 is 1. The zero-order valence-electron chi connectivity index (χ0n) is 23.0. The van der Waals surface area contributed by atoms with E-state index in [0.717, 1.165) is 27.1 Å². The molecule has 0 radical (unpaired) electrons. The van der Waals surface area contributed by atoms with E-state index in [9.17, 15) is 18.0 Å². The summed E-state index contributed by atoms with van der Waals surface area (Å²) in [5.41, 5.74) is 3.10. The molecule has 0 bridgehead atoms. The highest BCUT2D eigenvalue weighted by molar-refractivity contribution is 6.13. The van der Waals surface area contributed by atoms with E-state index >= 15 is 0 Å². The molecule has 0 aliphatic carbocycles. The summed E-state index contributed by atoms with van der Waals surface area (Å²) in [5.74, 6) is 1.09. The topological polar surface area (TPSA) is 78.1 Å². The number of imidazole rings is 1. The van der Waals surface area contributed by atoms with Crippen LogP contribution < -0.4 is 9.64 Å². The Morgan fingerprint density at radius 2 is 1.83 bits per heavy atom. The molecule has 0 atom stereocenters. The lowest BCUT2D eigenvalue weighted by molar-refractivity contribution is -0.140. The third-order valence-electron chi connectivity index (χ3n) is 7.45. The van der Waals surface area contributed by atoms with Crippen molar-refractivity contribution in [3.05, 3.63) is 88.9 Å². The molecule has 1 aliphatic rings. The number of amides is 1. The van der Waals surface area contributed by atoms with Crippen LogP contribution in [0.25, 0.3) is 22.0 Å². The Bertz CT molecular complexity index is 1820. The number of anilines is 1. The summed E-state index contributed by atoms with van der Waals surface area (Å²) in [6.07, 6.45) is 0.535. The van der Waals surface area contributed by atoms with Crippen molar-refractivity contribution >= 4 is 22.5 Å². The van der Waals surface area contributed by atoms with Crippen molar-refractivity contribution in [3.8, 4) is 16.9 Å². The number of pyridine rings is 1. The molecule has 5 aromatic rings. The molecule has 0 fully saturated rings. The fourth-order valence-corrected chi connectivity index (χ4v) is 5.55. The van der Waals surface area contributed by atoms with Crippen molar-refractivity contribution in [1.82, 2.24) is 24.3 Å². The maximum Gasteiger partial charge on any atom is 0.435 e. The van der Waals surface area contributed by atoms with Gasteiger partial charge in [-0.15, -0.1) is 0 Å². The molecule has 0 N–H and O–H groups in total. The van der Waals surface area contributed by atoms with Gasteiger partial charge >= 0.3 is 6.18 Å². The lowest BCUT2D eigenvalue weighted by Gasteiger charge is -2.31. The van der Waals surface area contributed by atoms with Crippen molar-refractivity contribution in [2.45, 2.75) is 33.0 Å². The van der Waals surface area contributed by atoms with Crippen molar-refractivity contribution in [3.63, 3.8) is 0 Å². The molecular formula is C30H27F3N6O2. The van der Waals surface area contributed by atoms with Gasteiger partial charge in [-0.25, -0.2) is 4.98 Å². The number of aryl methyl sites for hydroxylation is 3. The number of nitrogens with zero attached hydrogens (tertiary/aromatic N) is 6. The fourth-order valence-electron chi connectivity index (χ4n) is 5.55. The smallest absolute Gasteiger partial charge is 0.435 e. The molecule has 0 saturated heterocycles. The zero-order chi connectivity index (χ0) is 29.1. The van der Waals surface area contributed by atoms with Crippen molar-refractivity contribution < 1.29 is 22.7 Å². The van der Waals surface area contributed by atoms with Crippen molar-refractivity contribution in [2.24, 2.45) is 7.05 Å². The van der Waals surface area contributed by atoms with Crippen molar-refractivity contribution in [1.29, 1.82) is 0 Å². The molecule has 1 amide bonds. The molecule has 11 heteroatoms. The van der Waals surface area contributed by atoms with E-state index in [1.165, 1.54) is 13.2 Å². The molecule has 3 aromatic heterocycles. The molecule has 8 nitrogen and oxygen atoms in total. The Morgan fingerprint density at radius 1 is 1.05 bits per heavy atom. The first-order chi connectivity index (χ1) is 19.5. The minimum atomic E-state index is -4.66. The maximum absolute atomic E-state index is 14.2. The minimum Gasteiger partial charge on any atom is -0.497 e. The summed E-state index contributed by atoms with van der Waals surface area (Å²) in [6.45, 7) is 4.34. The molecule has 0 unspecified atom stereocenters. The summed E-state index contributed by atoms with van der Waals surface area (Å²) >= 11 is 0. The van der Waals surface area contributed by atoms with Crippen molar-refractivity contribution in [2.75, 3.05) is 18.6 Å². The number of rotatable bonds is 5. The molecule has 4 heterocycles. The second kappa shape index (κ2) is 9.76. The maximum atomic E-state index is 14.2. The van der Waals surface area contributed by atoms with E-state index in [2.05, 4.69) is 15.1 Å². The minimum absolute atomic E-state index is 0.0448. The Morgan fingerprint density at radius 3 is 2.54 bits per heavy atom. The number of benzene rings is 2. The Hall–Kier alpha value is -4.67. The Labute approximate surface area is 234 Å². The number of alkyl halides is 3. The van der Waals surface area contributed by atoms with Crippen LogP contribution in [-0.2, 0) is 26.2 Å². The number of aromatic nitrogens is 5. The number of halogens is 3. The van der Waals surface area contributed by atoms with Crippen LogP contribution >= 0.6 is 0 Å². The average Bonchev–Trinajstić information content (AvgIpc) is 3.53. The largest absolute Gasteiger partial charge is 0.497 e. The van der Waals surface area contributed by atoms with E-state index in [-0.39, 0.29) is 18.0 Å². The number of carbonyl (C=O) groups is 1. The summed E-state index contributed by atoms with van der Waals surface area (Å²) in [4.78, 5) is 24.8. The predicted molar refractivity (Wildman–Crippen MR) is 148 cm³/mol. The first-order valence-corrected chi connectivity index (χ1v) is 13.1. The molecular weight excluding hydrogens is 533 g/mol. The first kappa shape index (κ1) is 26.5. The summed E-state index contributed by atoms with van der Waals surface area (Å²) < 4.78 is 50.7. The van der Waals surface area contributed by atoms with Gasteiger partial charge in [0.2, 0.25) is 0 Å². The normalized spacial score (nSPS) is 13.6. The standard InChI is InChI=1S/C30H27F3N6O2/c1-17-11-27(24-14-20(41-4)5-6-26(24)35-17)39-9-7-21-22(25-16-37(3)36-28(25)30(31,32)33)12-19(13-23(21)29(39)40)15-38-10-8-34-18(38)2/h5-6,8,10-14,16H,7,9,15H2,1-4H3. The molecule has 0 saturated carbocycles. The molecule has 1 aliphatic heterocycles. The SMILES string of the molecule is COc1ccc2nc(C)cc(N3CCc4c(cc(Cn5ccnc5C)cc4-c4cn(C)nc4C(F)(F)F)C3=O)c2c1. The molecule has 6 rings (SSSR count). The van der Waals surface area contributed by atoms with E-state index in [1.807, 2.05) is 42.7 Å². The van der Waals surface area contributed by atoms with Crippen LogP contribution in [0.3, 0.4) is 0 Å². The predicted octanol–water partition coefficient (Wildman–Crippen LogP) is 5.73. The highest BCUT2D eigenvalue weighted by Crippen LogP contribution is 2.41. The second-order valence-corrected chi connectivity index (χ2v) is 10.2. The monoisotopic (exact) mass is 560 g/mol. The van der Waals surface area contributed by atoms with Crippen LogP contribution in [0.5, 0.6) is 5.75 Å². The van der Waals surface area contributed by atoms with E-state index < -0.39 is 11.9 Å². The van der Waals surface area contributed by atoms with E-state index in [4.69, 9.17) is 4.74 Å². The summed E-state index contributed by atoms with van der Waals surface area (Å²) in [7, 11) is 3.03. The summed E-state index contributed by atoms with van der Waals surface area (Å²) in [5, 5.41) is 4.48. The van der Waals surface area contributed by atoms with Crippen LogP contribution in [0.1, 0.15) is 38.7 Å². The highest BCUT2D eigenvalue weighted by Gasteiger charge is 2.39. The highest BCUT2D eigenvalue weighted by atomic mass is 19.4. The van der Waals surface area contributed by atoms with Gasteiger partial charge in [-0.1, -0.05) is 0 Å². The lowest BCUT2D eigenvalue weighted by Crippen LogP contribution is -2.38. The first-order valence-electron chi connectivity index (χ1n) is 13.1. The molecule has 41 heavy (non-hydrogen) atoms. The van der Waals surface area contributed by atoms with Gasteiger partial charge in [0, 0.05) is 60.9 Å². The fraction of sp³-hybridized carbons (Fsp3) is 0.267. The number of hydrogen-bond acceptors (Lipinski definition) is 5. The third-order valence-corrected chi connectivity index (χ3v) is 7.45. The van der Waals surface area contributed by atoms with E-state index in [0.29, 0.717) is 46.7 Å². The lowest BCUT2D eigenvalue weighted by atomic mass is 9.87. The van der Waals surface area contributed by atoms with Gasteiger partial charge in [0.1, 0.15) is 11.6 Å². The summed E-state index contributed by atoms with van der Waals surface area (Å²) in [6, 6.07) is 10.9. The number of carbonyl (C=O) groups excluding carboxylic acids is 1. The van der Waals surface area contributed by atoms with Crippen LogP contribution in [0.2, 0.25) is 0 Å². The third kappa shape index (κ3) is 4.71. The van der Waals surface area contributed by atoms with Crippen LogP contribution in [-0.4, -0.2) is 43.9 Å². The van der Waals surface area contributed by atoms with Crippen LogP contribution in [0, 0.1) is 13.8 Å². The average molecular weight is 561 g/mol. The molecule has 2 aromatic carbocycles. The Kier molecular flexibility index (Phi) is 6.32. The quantitative estimate of drug-likeness (QED) is 0.275. The van der Waals surface area contributed by atoms with Gasteiger partial charge in [-0.05, 0) is 73.4 Å². The number of ether oxygens (including phenoxy) is 1. The van der Waals surface area contributed by atoms with Gasteiger partial charge in [-0.3, -0.25) is 14.5 Å². The zero-order valence-corrected chi connectivity index (χ0v) is 23.0. The van der Waals surface area contributed by atoms with Gasteiger partial charge in [-0.2, -0.15) is 18.3 Å². The molecule has 210 valence electrons. The van der Waals surface area contributed by atoms with Gasteiger partial charge < -0.3 is 14.2 Å². The van der Waals surface area contributed by atoms with Crippen LogP contribution in [0.4, 0.5) is 18.9 Å². The van der Waals surface area contributed by atoms with Crippen LogP contribution in [0.15, 0.2) is 55.0 Å². The Balaban J connectivity index is 1.54. The number of hydrogen-bond donors (Lipinski definition) is 0. The van der Waals surface area contributed by atoms with E-state index in [1.54, 1.807) is 36.5 Å². The number of fused-ring (bicyclic) bond motifs is 2. The second-order valence-electron chi connectivity index (χ2n) is 10.2. The molecule has 0 spiro atoms.